The molecular formula is C2H6NOPr-. The van der Waals surface area contributed by atoms with Crippen molar-refractivity contribution in [1.82, 2.24) is 0 Å². The van der Waals surface area contributed by atoms with Crippen molar-refractivity contribution in [3.63, 3.8) is 0 Å². The molecule has 0 aromatic rings. The first-order valence-electron chi connectivity index (χ1n) is 1.17. The molecule has 0 fully saturated rings. The summed E-state index contributed by atoms with van der Waals surface area (Å²) in [5.41, 5.74) is 6.20. The Hall–Kier alpha value is 1.28. The standard InChI is InChI=1S/C2H6NO.Pr/c3-1-2-4;/h3-4H,1-2H2;/q-1;. The van der Waals surface area contributed by atoms with E-state index in [-0.39, 0.29) is 54.4 Å². The van der Waals surface area contributed by atoms with Crippen LogP contribution >= 0.6 is 0 Å². The van der Waals surface area contributed by atoms with Gasteiger partial charge in [-0.2, -0.15) is 0 Å². The molecule has 0 aliphatic heterocycles. The third-order valence-electron chi connectivity index (χ3n) is 0.112. The first-order chi connectivity index (χ1) is 1.91. The van der Waals surface area contributed by atoms with Crippen LogP contribution in [-0.2, 0) is 0 Å². The van der Waals surface area contributed by atoms with Crippen LogP contribution in [-0.4, -0.2) is 18.3 Å². The molecule has 0 bridgehead atoms. The van der Waals surface area contributed by atoms with E-state index in [1.54, 1.807) is 0 Å². The zero-order chi connectivity index (χ0) is 3.41. The summed E-state index contributed by atoms with van der Waals surface area (Å²) in [6, 6.07) is 0. The van der Waals surface area contributed by atoms with Gasteiger partial charge in [0.25, 0.3) is 0 Å². The number of nitrogens with one attached hydrogen (secondary N) is 1. The Morgan fingerprint density at radius 3 is 1.80 bits per heavy atom. The monoisotopic (exact) mass is 201 g/mol. The molecule has 1 radical (unpaired) electrons. The van der Waals surface area contributed by atoms with Gasteiger partial charge in [0.2, 0.25) is 0 Å². The molecule has 0 unspecified atom stereocenters. The molecule has 29 valence electrons. The van der Waals surface area contributed by atoms with Gasteiger partial charge >= 0.3 is 0 Å². The molecule has 0 aliphatic rings. The third kappa shape index (κ3) is 10.9. The minimum atomic E-state index is -0.0139. The second-order valence-electron chi connectivity index (χ2n) is 0.474. The van der Waals surface area contributed by atoms with Gasteiger partial charge in [0.15, 0.2) is 0 Å². The van der Waals surface area contributed by atoms with E-state index in [4.69, 9.17) is 10.8 Å². The first kappa shape index (κ1) is 9.56. The Bertz CT molecular complexity index is 11.6. The molecule has 2 N–H and O–H groups in total. The molecular weight excluding hydrogens is 195 g/mol. The maximum Gasteiger partial charge on any atom is 0.0241 e. The Labute approximate surface area is 64.7 Å². The van der Waals surface area contributed by atoms with Crippen LogP contribution in [0.4, 0.5) is 0 Å². The number of aliphatic hydroxyl groups excluding tert-OH is 1. The van der Waals surface area contributed by atoms with E-state index in [0.717, 1.165) is 0 Å². The normalized spacial score (nSPS) is 6.00. The summed E-state index contributed by atoms with van der Waals surface area (Å²) in [4.78, 5) is 0. The van der Waals surface area contributed by atoms with E-state index in [1.165, 1.54) is 0 Å². The van der Waals surface area contributed by atoms with Crippen LogP contribution in [0, 0.1) is 41.3 Å². The second-order valence-corrected chi connectivity index (χ2v) is 0.474. The molecule has 2 nitrogen and oxygen atoms in total. The summed E-state index contributed by atoms with van der Waals surface area (Å²) in [7, 11) is 0. The minimum absolute atomic E-state index is 0. The van der Waals surface area contributed by atoms with Crippen molar-refractivity contribution in [3.8, 4) is 0 Å². The summed E-state index contributed by atoms with van der Waals surface area (Å²) in [5.74, 6) is 0. The maximum absolute atomic E-state index is 7.69. The van der Waals surface area contributed by atoms with Crippen molar-refractivity contribution >= 4 is 0 Å². The predicted octanol–water partition coefficient (Wildman–Crippen LogP) is 0.0309. The predicted molar refractivity (Wildman–Crippen MR) is 16.3 cm³/mol. The molecule has 0 rings (SSSR count). The second kappa shape index (κ2) is 8.99. The Morgan fingerprint density at radius 2 is 1.80 bits per heavy atom. The van der Waals surface area contributed by atoms with E-state index >= 15 is 0 Å². The van der Waals surface area contributed by atoms with Crippen molar-refractivity contribution in [3.05, 3.63) is 5.73 Å². The van der Waals surface area contributed by atoms with Crippen LogP contribution in [0.15, 0.2) is 0 Å². The van der Waals surface area contributed by atoms with Crippen molar-refractivity contribution in [1.29, 1.82) is 0 Å². The summed E-state index contributed by atoms with van der Waals surface area (Å²) in [6.45, 7) is 0.111. The molecule has 0 saturated heterocycles. The average Bonchev–Trinajstić information content (AvgIpc) is 1.37. The van der Waals surface area contributed by atoms with Gasteiger partial charge in [-0.15, -0.1) is 6.54 Å². The molecule has 5 heavy (non-hydrogen) atoms. The smallest absolute Gasteiger partial charge is 0.0241 e. The van der Waals surface area contributed by atoms with Crippen molar-refractivity contribution < 1.29 is 46.4 Å². The topological polar surface area (TPSA) is 44.0 Å². The summed E-state index contributed by atoms with van der Waals surface area (Å²) < 4.78 is 0. The van der Waals surface area contributed by atoms with Gasteiger partial charge in [-0.25, -0.2) is 0 Å². The van der Waals surface area contributed by atoms with Gasteiger partial charge in [-0.3, -0.25) is 0 Å². The van der Waals surface area contributed by atoms with Crippen molar-refractivity contribution in [2.24, 2.45) is 0 Å². The Kier molecular flexibility index (Phi) is 17.2. The van der Waals surface area contributed by atoms with Gasteiger partial charge in [0.05, 0.1) is 0 Å². The van der Waals surface area contributed by atoms with Crippen LogP contribution in [0.25, 0.3) is 5.73 Å². The molecule has 3 heteroatoms. The van der Waals surface area contributed by atoms with Gasteiger partial charge in [-0.1, -0.05) is 0 Å². The van der Waals surface area contributed by atoms with Gasteiger partial charge in [0, 0.05) is 47.9 Å². The summed E-state index contributed by atoms with van der Waals surface area (Å²) in [6.07, 6.45) is 0. The van der Waals surface area contributed by atoms with Crippen molar-refractivity contribution in [2.75, 3.05) is 13.2 Å². The maximum atomic E-state index is 7.69. The number of hydrogen-bond acceptors (Lipinski definition) is 1. The zero-order valence-corrected chi connectivity index (χ0v) is 6.64. The summed E-state index contributed by atoms with van der Waals surface area (Å²) >= 11 is 0. The molecule has 0 aromatic carbocycles. The van der Waals surface area contributed by atoms with Crippen LogP contribution in [0.3, 0.4) is 0 Å². The van der Waals surface area contributed by atoms with E-state index in [0.29, 0.717) is 0 Å². The molecule has 0 aliphatic carbocycles. The molecule has 0 atom stereocenters. The molecule has 0 spiro atoms. The van der Waals surface area contributed by atoms with Crippen LogP contribution < -0.4 is 0 Å². The quantitative estimate of drug-likeness (QED) is 0.638. The summed E-state index contributed by atoms with van der Waals surface area (Å²) in [5, 5.41) is 7.69. The van der Waals surface area contributed by atoms with E-state index in [9.17, 15) is 0 Å². The molecule has 0 saturated carbocycles. The zero-order valence-electron chi connectivity index (χ0n) is 2.94. The molecule has 0 amide bonds. The number of aliphatic hydroxyl groups is 1. The van der Waals surface area contributed by atoms with E-state index in [1.807, 2.05) is 0 Å². The fourth-order valence-corrected chi connectivity index (χ4v) is 0. The van der Waals surface area contributed by atoms with Crippen LogP contribution in [0.5, 0.6) is 0 Å². The van der Waals surface area contributed by atoms with E-state index < -0.39 is 0 Å². The number of rotatable bonds is 1. The van der Waals surface area contributed by atoms with Crippen LogP contribution in [0.2, 0.25) is 0 Å². The fourth-order valence-electron chi connectivity index (χ4n) is 0. The fraction of sp³-hybridized carbons (Fsp3) is 1.00. The Balaban J connectivity index is 0. The van der Waals surface area contributed by atoms with Crippen molar-refractivity contribution in [2.45, 2.75) is 0 Å². The average molecular weight is 201 g/mol. The SMILES string of the molecule is [NH-]CCO.[Pr]. The minimum Gasteiger partial charge on any atom is -0.676 e. The Morgan fingerprint density at radius 1 is 1.60 bits per heavy atom. The van der Waals surface area contributed by atoms with Gasteiger partial charge in [0.1, 0.15) is 0 Å². The van der Waals surface area contributed by atoms with Crippen LogP contribution in [0.1, 0.15) is 0 Å². The first-order valence-corrected chi connectivity index (χ1v) is 1.17. The van der Waals surface area contributed by atoms with E-state index in [2.05, 4.69) is 0 Å². The van der Waals surface area contributed by atoms with Gasteiger partial charge < -0.3 is 10.8 Å². The molecule has 0 aromatic heterocycles. The molecule has 0 heterocycles. The largest absolute Gasteiger partial charge is 0.676 e. The number of hydrogen-bond donors (Lipinski definition) is 1. The third-order valence-corrected chi connectivity index (χ3v) is 0.112. The van der Waals surface area contributed by atoms with Gasteiger partial charge in [-0.05, 0) is 0 Å².